The maximum absolute atomic E-state index is 11.5. The minimum absolute atomic E-state index is 0.288. The number of aryl methyl sites for hydroxylation is 2. The van der Waals surface area contributed by atoms with Crippen molar-refractivity contribution in [3.8, 4) is 17.2 Å². The second kappa shape index (κ2) is 15.1. The number of ether oxygens (including phenoxy) is 3. The summed E-state index contributed by atoms with van der Waals surface area (Å²) < 4.78 is 18.3. The predicted molar refractivity (Wildman–Crippen MR) is 165 cm³/mol. The van der Waals surface area contributed by atoms with E-state index in [2.05, 4.69) is 49.1 Å². The molecule has 0 fully saturated rings. The van der Waals surface area contributed by atoms with Crippen LogP contribution in [-0.4, -0.2) is 35.7 Å². The Morgan fingerprint density at radius 3 is 1.98 bits per heavy atom. The molecule has 7 heteroatoms. The molecular formula is C35H40N2O5. The molecule has 0 heterocycles. The summed E-state index contributed by atoms with van der Waals surface area (Å²) in [6, 6.07) is 29.2. The quantitative estimate of drug-likeness (QED) is 0.174. The van der Waals surface area contributed by atoms with Crippen LogP contribution in [-0.2, 0) is 31.1 Å². The highest BCUT2D eigenvalue weighted by atomic mass is 16.5. The van der Waals surface area contributed by atoms with E-state index in [1.807, 2.05) is 60.7 Å². The molecule has 0 aliphatic heterocycles. The third-order valence-corrected chi connectivity index (χ3v) is 7.09. The number of aliphatic carboxylic acids is 1. The van der Waals surface area contributed by atoms with Crippen LogP contribution in [0.1, 0.15) is 39.8 Å². The molecule has 0 radical (unpaired) electrons. The summed E-state index contributed by atoms with van der Waals surface area (Å²) in [6.45, 7) is 6.43. The van der Waals surface area contributed by atoms with E-state index in [9.17, 15) is 9.90 Å². The fourth-order valence-corrected chi connectivity index (χ4v) is 4.85. The number of hydrogen-bond donors (Lipinski definition) is 2. The summed E-state index contributed by atoms with van der Waals surface area (Å²) in [6.07, 6.45) is 0.288. The fourth-order valence-electron chi connectivity index (χ4n) is 4.85. The lowest BCUT2D eigenvalue weighted by molar-refractivity contribution is -0.138. The topological polar surface area (TPSA) is 94.2 Å². The van der Waals surface area contributed by atoms with Crippen molar-refractivity contribution in [2.45, 2.75) is 52.6 Å². The maximum Gasteiger partial charge on any atom is 0.320 e. The van der Waals surface area contributed by atoms with Gasteiger partial charge >= 0.3 is 5.97 Å². The largest absolute Gasteiger partial charge is 0.496 e. The lowest BCUT2D eigenvalue weighted by Crippen LogP contribution is -2.35. The number of carboxylic acids is 1. The van der Waals surface area contributed by atoms with Crippen molar-refractivity contribution in [1.29, 1.82) is 0 Å². The van der Waals surface area contributed by atoms with E-state index in [1.54, 1.807) is 7.11 Å². The van der Waals surface area contributed by atoms with E-state index in [4.69, 9.17) is 19.9 Å². The lowest BCUT2D eigenvalue weighted by atomic mass is 10.1. The minimum Gasteiger partial charge on any atom is -0.496 e. The number of carboxylic acid groups (broad SMARTS) is 1. The normalized spacial score (nSPS) is 11.7. The highest BCUT2D eigenvalue weighted by molar-refractivity contribution is 5.73. The number of para-hydroxylation sites is 1. The third kappa shape index (κ3) is 8.83. The van der Waals surface area contributed by atoms with E-state index in [-0.39, 0.29) is 6.42 Å². The summed E-state index contributed by atoms with van der Waals surface area (Å²) in [5, 5.41) is 9.44. The van der Waals surface area contributed by atoms with Gasteiger partial charge in [-0.05, 0) is 49.6 Å². The molecule has 1 atom stereocenters. The molecule has 0 amide bonds. The summed E-state index contributed by atoms with van der Waals surface area (Å²) in [5.74, 6) is 1.18. The Balaban J connectivity index is 1.57. The molecular weight excluding hydrogens is 528 g/mol. The number of rotatable bonds is 15. The average Bonchev–Trinajstić information content (AvgIpc) is 2.98. The summed E-state index contributed by atoms with van der Waals surface area (Å²) in [4.78, 5) is 13.7. The van der Waals surface area contributed by atoms with Crippen molar-refractivity contribution >= 4 is 5.97 Å². The van der Waals surface area contributed by atoms with Crippen LogP contribution in [0.5, 0.6) is 17.2 Å². The van der Waals surface area contributed by atoms with Gasteiger partial charge in [0.2, 0.25) is 0 Å². The molecule has 0 aliphatic carbocycles. The van der Waals surface area contributed by atoms with Crippen LogP contribution in [0.4, 0.5) is 0 Å². The Bertz CT molecular complexity index is 1470. The summed E-state index contributed by atoms with van der Waals surface area (Å²) in [5.41, 5.74) is 12.3. The Hall–Kier alpha value is -4.33. The van der Waals surface area contributed by atoms with Crippen molar-refractivity contribution in [2.75, 3.05) is 13.7 Å². The lowest BCUT2D eigenvalue weighted by Gasteiger charge is -2.26. The number of carbonyl (C=O) groups is 1. The monoisotopic (exact) mass is 568 g/mol. The number of hydrogen-bond acceptors (Lipinski definition) is 6. The molecule has 0 saturated carbocycles. The third-order valence-electron chi connectivity index (χ3n) is 7.09. The minimum atomic E-state index is -1.02. The zero-order valence-electron chi connectivity index (χ0n) is 24.6. The number of nitrogens with zero attached hydrogens (tertiary/aromatic N) is 1. The Morgan fingerprint density at radius 1 is 0.786 bits per heavy atom. The van der Waals surface area contributed by atoms with Gasteiger partial charge in [-0.3, -0.25) is 9.69 Å². The van der Waals surface area contributed by atoms with Crippen LogP contribution in [0.25, 0.3) is 0 Å². The van der Waals surface area contributed by atoms with Crippen LogP contribution in [0, 0.1) is 13.8 Å². The molecule has 0 aromatic heterocycles. The molecule has 42 heavy (non-hydrogen) atoms. The van der Waals surface area contributed by atoms with E-state index in [0.29, 0.717) is 44.3 Å². The first-order chi connectivity index (χ1) is 20.3. The molecule has 0 spiro atoms. The molecule has 4 aromatic rings. The van der Waals surface area contributed by atoms with E-state index < -0.39 is 12.0 Å². The molecule has 7 nitrogen and oxygen atoms in total. The zero-order valence-corrected chi connectivity index (χ0v) is 24.6. The number of nitrogens with two attached hydrogens (primary N) is 1. The van der Waals surface area contributed by atoms with E-state index in [1.165, 1.54) is 11.1 Å². The van der Waals surface area contributed by atoms with Crippen LogP contribution < -0.4 is 19.9 Å². The molecule has 0 unspecified atom stereocenters. The first-order valence-electron chi connectivity index (χ1n) is 14.1. The Morgan fingerprint density at radius 2 is 1.36 bits per heavy atom. The van der Waals surface area contributed by atoms with Crippen molar-refractivity contribution in [2.24, 2.45) is 5.73 Å². The molecule has 220 valence electrons. The van der Waals surface area contributed by atoms with Gasteiger partial charge in [-0.2, -0.15) is 0 Å². The van der Waals surface area contributed by atoms with Gasteiger partial charge in [-0.1, -0.05) is 83.9 Å². The SMILES string of the molecule is COc1cccc(OCc2cccc(C)c2)c1CN(CC[C@H](N)C(=O)O)Cc1ccccc1OCc1cccc(C)c1. The molecule has 3 N–H and O–H groups in total. The zero-order chi connectivity index (χ0) is 29.9. The van der Waals surface area contributed by atoms with Crippen LogP contribution in [0.15, 0.2) is 91.0 Å². The highest BCUT2D eigenvalue weighted by Crippen LogP contribution is 2.32. The van der Waals surface area contributed by atoms with Crippen molar-refractivity contribution in [1.82, 2.24) is 4.90 Å². The van der Waals surface area contributed by atoms with E-state index >= 15 is 0 Å². The number of benzene rings is 4. The standard InChI is InChI=1S/C35H40N2O5/c1-25-9-6-11-27(19-25)23-41-32-14-5-4-13-29(32)21-37(18-17-31(36)35(38)39)22-30-33(40-3)15-8-16-34(30)42-24-28-12-7-10-26(2)20-28/h4-16,19-20,31H,17-18,21-24,36H2,1-3H3,(H,38,39)/t31-/m0/s1. The predicted octanol–water partition coefficient (Wildman–Crippen LogP) is 6.27. The molecule has 0 aliphatic rings. The van der Waals surface area contributed by atoms with Gasteiger partial charge in [-0.15, -0.1) is 0 Å². The Labute approximate surface area is 248 Å². The van der Waals surface area contributed by atoms with Gasteiger partial charge in [-0.25, -0.2) is 0 Å². The molecule has 0 saturated heterocycles. The van der Waals surface area contributed by atoms with E-state index in [0.717, 1.165) is 28.0 Å². The molecule has 0 bridgehead atoms. The fraction of sp³-hybridized carbons (Fsp3) is 0.286. The second-order valence-electron chi connectivity index (χ2n) is 10.5. The molecule has 4 rings (SSSR count). The summed E-state index contributed by atoms with van der Waals surface area (Å²) >= 11 is 0. The van der Waals surface area contributed by atoms with Gasteiger partial charge in [0.05, 0.1) is 12.7 Å². The van der Waals surface area contributed by atoms with Gasteiger partial charge in [0.25, 0.3) is 0 Å². The summed E-state index contributed by atoms with van der Waals surface area (Å²) in [7, 11) is 1.64. The Kier molecular flexibility index (Phi) is 11.0. The second-order valence-corrected chi connectivity index (χ2v) is 10.5. The smallest absolute Gasteiger partial charge is 0.320 e. The van der Waals surface area contributed by atoms with Crippen LogP contribution >= 0.6 is 0 Å². The molecule has 4 aromatic carbocycles. The maximum atomic E-state index is 11.5. The first-order valence-corrected chi connectivity index (χ1v) is 14.1. The van der Waals surface area contributed by atoms with Gasteiger partial charge in [0.1, 0.15) is 36.5 Å². The van der Waals surface area contributed by atoms with Crippen molar-refractivity contribution < 1.29 is 24.1 Å². The highest BCUT2D eigenvalue weighted by Gasteiger charge is 2.20. The van der Waals surface area contributed by atoms with Gasteiger partial charge in [0.15, 0.2) is 0 Å². The van der Waals surface area contributed by atoms with Crippen LogP contribution in [0.3, 0.4) is 0 Å². The average molecular weight is 569 g/mol. The van der Waals surface area contributed by atoms with Gasteiger partial charge < -0.3 is 25.1 Å². The van der Waals surface area contributed by atoms with Crippen LogP contribution in [0.2, 0.25) is 0 Å². The number of methoxy groups -OCH3 is 1. The first kappa shape index (κ1) is 30.6. The van der Waals surface area contributed by atoms with Crippen molar-refractivity contribution in [3.63, 3.8) is 0 Å². The van der Waals surface area contributed by atoms with Crippen molar-refractivity contribution in [3.05, 3.63) is 124 Å². The van der Waals surface area contributed by atoms with Gasteiger partial charge in [0, 0.05) is 25.2 Å².